The van der Waals surface area contributed by atoms with E-state index in [0.717, 1.165) is 29.7 Å². The van der Waals surface area contributed by atoms with Gasteiger partial charge in [0.2, 0.25) is 0 Å². The second-order valence-electron chi connectivity index (χ2n) is 8.74. The number of amides is 1. The molecule has 7 nitrogen and oxygen atoms in total. The number of thiazole rings is 1. The summed E-state index contributed by atoms with van der Waals surface area (Å²) in [5, 5.41) is 0. The summed E-state index contributed by atoms with van der Waals surface area (Å²) in [7, 11) is 0. The van der Waals surface area contributed by atoms with Crippen LogP contribution >= 0.6 is 11.3 Å². The van der Waals surface area contributed by atoms with Gasteiger partial charge in [-0.1, -0.05) is 73.2 Å². The number of rotatable bonds is 6. The predicted octanol–water partition coefficient (Wildman–Crippen LogP) is 3.32. The molecule has 1 atom stereocenters. The molecule has 3 aromatic rings. The zero-order valence-electron chi connectivity index (χ0n) is 20.5. The number of aromatic nitrogens is 1. The standard InChI is InChI=1S/C28H27N3O4S/c1-4-6-16-30-20-15-11-10-14-19(20)22(25(30)32)24-26(33)31-23(18-12-8-7-9-13-18)21(27(34)35-5-2)17(3)29-28(31)36-24/h7-15,23H,4-6,16H2,1-3H3/b24-22-. The quantitative estimate of drug-likeness (QED) is 0.486. The lowest BCUT2D eigenvalue weighted by Crippen LogP contribution is -2.41. The van der Waals surface area contributed by atoms with Crippen LogP contribution in [0.25, 0.3) is 5.57 Å². The first kappa shape index (κ1) is 23.9. The van der Waals surface area contributed by atoms with Crippen molar-refractivity contribution in [3.8, 4) is 0 Å². The predicted molar refractivity (Wildman–Crippen MR) is 139 cm³/mol. The summed E-state index contributed by atoms with van der Waals surface area (Å²) < 4.78 is 7.22. The maximum Gasteiger partial charge on any atom is 0.338 e. The zero-order valence-corrected chi connectivity index (χ0v) is 21.3. The summed E-state index contributed by atoms with van der Waals surface area (Å²) >= 11 is 1.19. The summed E-state index contributed by atoms with van der Waals surface area (Å²) in [5.74, 6) is -0.675. The van der Waals surface area contributed by atoms with E-state index in [2.05, 4.69) is 11.9 Å². The monoisotopic (exact) mass is 501 g/mol. The van der Waals surface area contributed by atoms with Crippen molar-refractivity contribution in [2.45, 2.75) is 39.7 Å². The third-order valence-electron chi connectivity index (χ3n) is 6.49. The zero-order chi connectivity index (χ0) is 25.4. The van der Waals surface area contributed by atoms with E-state index in [1.165, 1.54) is 15.9 Å². The Hall–Kier alpha value is -3.78. The molecule has 3 heterocycles. The lowest BCUT2D eigenvalue weighted by atomic mass is 9.96. The molecule has 0 radical (unpaired) electrons. The highest BCUT2D eigenvalue weighted by molar-refractivity contribution is 7.07. The van der Waals surface area contributed by atoms with E-state index in [9.17, 15) is 14.4 Å². The van der Waals surface area contributed by atoms with Crippen molar-refractivity contribution in [2.24, 2.45) is 4.99 Å². The van der Waals surface area contributed by atoms with Crippen molar-refractivity contribution in [3.05, 3.63) is 96.7 Å². The smallest absolute Gasteiger partial charge is 0.338 e. The van der Waals surface area contributed by atoms with Gasteiger partial charge in [-0.05, 0) is 31.9 Å². The van der Waals surface area contributed by atoms with Crippen molar-refractivity contribution in [3.63, 3.8) is 0 Å². The van der Waals surface area contributed by atoms with E-state index < -0.39 is 12.0 Å². The number of hydrogen-bond donors (Lipinski definition) is 0. The number of unbranched alkanes of at least 4 members (excludes halogenated alkanes) is 1. The highest BCUT2D eigenvalue weighted by Gasteiger charge is 2.37. The second kappa shape index (κ2) is 9.70. The molecule has 0 N–H and O–H groups in total. The normalized spacial score (nSPS) is 18.1. The number of benzene rings is 2. The third-order valence-corrected chi connectivity index (χ3v) is 7.55. The maximum atomic E-state index is 14.0. The topological polar surface area (TPSA) is 81.0 Å². The fourth-order valence-electron chi connectivity index (χ4n) is 4.83. The van der Waals surface area contributed by atoms with Crippen LogP contribution in [0.4, 0.5) is 5.69 Å². The Morgan fingerprint density at radius 2 is 1.78 bits per heavy atom. The summed E-state index contributed by atoms with van der Waals surface area (Å²) in [4.78, 5) is 47.5. The van der Waals surface area contributed by atoms with Crippen LogP contribution in [0.1, 0.15) is 50.8 Å². The Morgan fingerprint density at radius 1 is 1.06 bits per heavy atom. The van der Waals surface area contributed by atoms with Gasteiger partial charge in [0.1, 0.15) is 4.53 Å². The number of carbonyl (C=O) groups excluding carboxylic acids is 2. The molecule has 2 aliphatic heterocycles. The summed E-state index contributed by atoms with van der Waals surface area (Å²) in [6, 6.07) is 16.3. The van der Waals surface area contributed by atoms with Gasteiger partial charge < -0.3 is 9.64 Å². The number of carbonyl (C=O) groups is 2. The van der Waals surface area contributed by atoms with Gasteiger partial charge in [-0.3, -0.25) is 14.2 Å². The van der Waals surface area contributed by atoms with Crippen LogP contribution in [0.15, 0.2) is 75.7 Å². The number of esters is 1. The van der Waals surface area contributed by atoms with Crippen molar-refractivity contribution in [2.75, 3.05) is 18.1 Å². The fourth-order valence-corrected chi connectivity index (χ4v) is 5.97. The average Bonchev–Trinajstić information content (AvgIpc) is 3.34. The highest BCUT2D eigenvalue weighted by atomic mass is 32.1. The molecule has 0 spiro atoms. The Balaban J connectivity index is 1.78. The molecule has 36 heavy (non-hydrogen) atoms. The molecular weight excluding hydrogens is 474 g/mol. The molecule has 1 amide bonds. The number of fused-ring (bicyclic) bond motifs is 2. The van der Waals surface area contributed by atoms with Gasteiger partial charge in [0.15, 0.2) is 4.80 Å². The SMILES string of the molecule is CCCCN1C(=O)/C(=c2\sc3n(c2=O)C(c2ccccc2)C(C(=O)OCC)=C(C)N=3)c2ccccc21. The van der Waals surface area contributed by atoms with E-state index in [1.54, 1.807) is 18.7 Å². The van der Waals surface area contributed by atoms with Crippen LogP contribution in [0, 0.1) is 0 Å². The minimum atomic E-state index is -0.696. The Morgan fingerprint density at radius 3 is 2.50 bits per heavy atom. The van der Waals surface area contributed by atoms with E-state index in [1.807, 2.05) is 54.6 Å². The van der Waals surface area contributed by atoms with Crippen LogP contribution in [0.2, 0.25) is 0 Å². The first-order chi connectivity index (χ1) is 17.5. The number of allylic oxidation sites excluding steroid dienone is 1. The van der Waals surface area contributed by atoms with Crippen molar-refractivity contribution >= 4 is 34.5 Å². The number of anilines is 1. The lowest BCUT2D eigenvalue weighted by Gasteiger charge is -2.24. The van der Waals surface area contributed by atoms with Crippen LogP contribution in [-0.4, -0.2) is 29.6 Å². The number of hydrogen-bond acceptors (Lipinski definition) is 6. The minimum absolute atomic E-state index is 0.174. The fraction of sp³-hybridized carbons (Fsp3) is 0.286. The third kappa shape index (κ3) is 3.82. The average molecular weight is 502 g/mol. The van der Waals surface area contributed by atoms with E-state index in [0.29, 0.717) is 32.7 Å². The largest absolute Gasteiger partial charge is 0.463 e. The van der Waals surface area contributed by atoms with Crippen molar-refractivity contribution < 1.29 is 14.3 Å². The molecule has 8 heteroatoms. The van der Waals surface area contributed by atoms with E-state index in [-0.39, 0.29) is 18.1 Å². The van der Waals surface area contributed by atoms with Gasteiger partial charge in [-0.25, -0.2) is 9.79 Å². The van der Waals surface area contributed by atoms with Gasteiger partial charge in [0.25, 0.3) is 11.5 Å². The van der Waals surface area contributed by atoms with Crippen molar-refractivity contribution in [1.29, 1.82) is 0 Å². The molecule has 0 fully saturated rings. The highest BCUT2D eigenvalue weighted by Crippen LogP contribution is 2.35. The molecule has 0 bridgehead atoms. The molecule has 1 unspecified atom stereocenters. The lowest BCUT2D eigenvalue weighted by molar-refractivity contribution is -0.139. The van der Waals surface area contributed by atoms with Gasteiger partial charge in [-0.2, -0.15) is 0 Å². The number of nitrogens with zero attached hydrogens (tertiary/aromatic N) is 3. The van der Waals surface area contributed by atoms with Crippen LogP contribution in [0.3, 0.4) is 0 Å². The minimum Gasteiger partial charge on any atom is -0.463 e. The molecule has 2 aromatic carbocycles. The van der Waals surface area contributed by atoms with Crippen LogP contribution in [0.5, 0.6) is 0 Å². The number of ether oxygens (including phenoxy) is 1. The molecule has 1 aromatic heterocycles. The summed E-state index contributed by atoms with van der Waals surface area (Å²) in [6.45, 7) is 6.39. The second-order valence-corrected chi connectivity index (χ2v) is 9.71. The molecular formula is C28H27N3O4S. The first-order valence-electron chi connectivity index (χ1n) is 12.2. The maximum absolute atomic E-state index is 14.0. The van der Waals surface area contributed by atoms with Gasteiger partial charge in [0.05, 0.1) is 35.2 Å². The molecule has 0 saturated heterocycles. The molecule has 0 aliphatic carbocycles. The molecule has 184 valence electrons. The van der Waals surface area contributed by atoms with E-state index >= 15 is 0 Å². The molecule has 0 saturated carbocycles. The summed E-state index contributed by atoms with van der Waals surface area (Å²) in [5.41, 5.74) is 3.24. The Bertz CT molecular complexity index is 1570. The van der Waals surface area contributed by atoms with Gasteiger partial charge in [-0.15, -0.1) is 0 Å². The van der Waals surface area contributed by atoms with E-state index in [4.69, 9.17) is 4.74 Å². The summed E-state index contributed by atoms with van der Waals surface area (Å²) in [6.07, 6.45) is 1.82. The van der Waals surface area contributed by atoms with Gasteiger partial charge >= 0.3 is 5.97 Å². The molecule has 5 rings (SSSR count). The number of para-hydroxylation sites is 1. The first-order valence-corrected chi connectivity index (χ1v) is 13.0. The Kier molecular flexibility index (Phi) is 6.45. The Labute approximate surface area is 212 Å². The van der Waals surface area contributed by atoms with Crippen molar-refractivity contribution in [1.82, 2.24) is 4.57 Å². The van der Waals surface area contributed by atoms with Crippen LogP contribution in [-0.2, 0) is 14.3 Å². The van der Waals surface area contributed by atoms with Crippen LogP contribution < -0.4 is 19.8 Å². The molecule has 2 aliphatic rings. The van der Waals surface area contributed by atoms with Gasteiger partial charge in [0, 0.05) is 12.1 Å².